The van der Waals surface area contributed by atoms with Crippen LogP contribution in [0.4, 0.5) is 5.69 Å². The largest absolute Gasteiger partial charge is 0.398 e. The summed E-state index contributed by atoms with van der Waals surface area (Å²) in [7, 11) is -3.54. The number of nitrogens with two attached hydrogens (primary N) is 1. The molecule has 6 nitrogen and oxygen atoms in total. The van der Waals surface area contributed by atoms with Gasteiger partial charge >= 0.3 is 0 Å². The highest BCUT2D eigenvalue weighted by Gasteiger charge is 2.29. The van der Waals surface area contributed by atoms with Crippen molar-refractivity contribution in [2.75, 3.05) is 31.9 Å². The van der Waals surface area contributed by atoms with E-state index in [0.717, 1.165) is 0 Å². The fraction of sp³-hybridized carbons (Fsp3) is 0.417. The van der Waals surface area contributed by atoms with E-state index in [4.69, 9.17) is 5.73 Å². The summed E-state index contributed by atoms with van der Waals surface area (Å²) in [4.78, 5) is 13.1. The van der Waals surface area contributed by atoms with Crippen LogP contribution in [0.15, 0.2) is 27.6 Å². The molecule has 1 aliphatic heterocycles. The Bertz CT molecular complexity index is 625. The highest BCUT2D eigenvalue weighted by Crippen LogP contribution is 2.25. The topological polar surface area (TPSA) is 83.7 Å². The van der Waals surface area contributed by atoms with Crippen molar-refractivity contribution in [2.45, 2.75) is 11.8 Å². The smallest absolute Gasteiger partial charge is 0.243 e. The van der Waals surface area contributed by atoms with Crippen LogP contribution in [0.5, 0.6) is 0 Å². The Kier molecular flexibility index (Phi) is 4.36. The fourth-order valence-electron chi connectivity index (χ4n) is 2.06. The van der Waals surface area contributed by atoms with Gasteiger partial charge in [-0.1, -0.05) is 0 Å². The number of carbonyl (C=O) groups excluding carboxylic acids is 1. The molecule has 2 rings (SSSR count). The maximum absolute atomic E-state index is 12.5. The number of nitrogens with zero attached hydrogens (tertiary/aromatic N) is 2. The van der Waals surface area contributed by atoms with Crippen LogP contribution in [-0.2, 0) is 14.8 Å². The third kappa shape index (κ3) is 2.97. The molecule has 1 saturated heterocycles. The Morgan fingerprint density at radius 1 is 1.25 bits per heavy atom. The van der Waals surface area contributed by atoms with Gasteiger partial charge in [0.05, 0.1) is 4.90 Å². The van der Waals surface area contributed by atoms with E-state index in [0.29, 0.717) is 36.3 Å². The number of hydrogen-bond donors (Lipinski definition) is 1. The predicted octanol–water partition coefficient (Wildman–Crippen LogP) is 0.884. The van der Waals surface area contributed by atoms with E-state index in [1.54, 1.807) is 11.0 Å². The van der Waals surface area contributed by atoms with Crippen LogP contribution >= 0.6 is 15.9 Å². The van der Waals surface area contributed by atoms with Crippen molar-refractivity contribution in [1.29, 1.82) is 0 Å². The molecule has 1 aromatic rings. The number of anilines is 1. The lowest BCUT2D eigenvalue weighted by Crippen LogP contribution is -2.49. The number of halogens is 1. The minimum atomic E-state index is -3.54. The predicted molar refractivity (Wildman–Crippen MR) is 79.6 cm³/mol. The summed E-state index contributed by atoms with van der Waals surface area (Å²) in [6.07, 6.45) is 0. The standard InChI is InChI=1S/C12H16BrN3O3S/c1-9(17)15-4-6-16(7-5-15)20(18,19)10-2-3-12(14)11(13)8-10/h2-3,8H,4-7,14H2,1H3. The number of sulfonamides is 1. The van der Waals surface area contributed by atoms with Crippen molar-refractivity contribution in [3.05, 3.63) is 22.7 Å². The Balaban J connectivity index is 2.19. The van der Waals surface area contributed by atoms with Gasteiger partial charge in [-0.15, -0.1) is 0 Å². The molecule has 1 aromatic carbocycles. The van der Waals surface area contributed by atoms with Crippen LogP contribution in [0.2, 0.25) is 0 Å². The quantitative estimate of drug-likeness (QED) is 0.792. The highest BCUT2D eigenvalue weighted by atomic mass is 79.9. The van der Waals surface area contributed by atoms with Crippen LogP contribution in [0.1, 0.15) is 6.92 Å². The van der Waals surface area contributed by atoms with Crippen molar-refractivity contribution < 1.29 is 13.2 Å². The summed E-state index contributed by atoms with van der Waals surface area (Å²) in [6, 6.07) is 4.55. The van der Waals surface area contributed by atoms with E-state index in [-0.39, 0.29) is 10.8 Å². The van der Waals surface area contributed by atoms with E-state index in [1.807, 2.05) is 0 Å². The molecule has 8 heteroatoms. The van der Waals surface area contributed by atoms with Gasteiger partial charge in [0.1, 0.15) is 0 Å². The van der Waals surface area contributed by atoms with Gasteiger partial charge < -0.3 is 10.6 Å². The Hall–Kier alpha value is -1.12. The number of amides is 1. The van der Waals surface area contributed by atoms with Gasteiger partial charge in [0.2, 0.25) is 15.9 Å². The monoisotopic (exact) mass is 361 g/mol. The number of carbonyl (C=O) groups is 1. The van der Waals surface area contributed by atoms with Crippen molar-refractivity contribution in [2.24, 2.45) is 0 Å². The van der Waals surface area contributed by atoms with E-state index in [9.17, 15) is 13.2 Å². The summed E-state index contributed by atoms with van der Waals surface area (Å²) in [5.41, 5.74) is 6.15. The molecule has 0 radical (unpaired) electrons. The number of nitrogen functional groups attached to an aromatic ring is 1. The molecule has 0 aromatic heterocycles. The van der Waals surface area contributed by atoms with Crippen molar-refractivity contribution in [3.63, 3.8) is 0 Å². The third-order valence-corrected chi connectivity index (χ3v) is 5.88. The van der Waals surface area contributed by atoms with Gasteiger partial charge in [0.25, 0.3) is 0 Å². The molecule has 1 aliphatic rings. The molecule has 2 N–H and O–H groups in total. The van der Waals surface area contributed by atoms with E-state index in [2.05, 4.69) is 15.9 Å². The summed E-state index contributed by atoms with van der Waals surface area (Å²) in [6.45, 7) is 2.95. The first-order chi connectivity index (χ1) is 9.32. The molecule has 1 fully saturated rings. The van der Waals surface area contributed by atoms with Gasteiger partial charge in [-0.3, -0.25) is 4.79 Å². The molecule has 0 spiro atoms. The summed E-state index contributed by atoms with van der Waals surface area (Å²) >= 11 is 3.23. The lowest BCUT2D eigenvalue weighted by Gasteiger charge is -2.33. The molecule has 0 unspecified atom stereocenters. The summed E-state index contributed by atoms with van der Waals surface area (Å²) in [5, 5.41) is 0. The summed E-state index contributed by atoms with van der Waals surface area (Å²) < 4.78 is 26.9. The third-order valence-electron chi connectivity index (χ3n) is 3.29. The first-order valence-electron chi connectivity index (χ1n) is 6.13. The molecule has 20 heavy (non-hydrogen) atoms. The number of piperazine rings is 1. The number of rotatable bonds is 2. The normalized spacial score (nSPS) is 17.2. The molecular formula is C12H16BrN3O3S. The average Bonchev–Trinajstić information content (AvgIpc) is 2.41. The van der Waals surface area contributed by atoms with Crippen LogP contribution in [0.3, 0.4) is 0 Å². The Morgan fingerprint density at radius 3 is 2.35 bits per heavy atom. The Labute approximate surface area is 126 Å². The van der Waals surface area contributed by atoms with Gasteiger partial charge in [0, 0.05) is 43.3 Å². The summed E-state index contributed by atoms with van der Waals surface area (Å²) in [5.74, 6) is -0.0303. The zero-order valence-corrected chi connectivity index (χ0v) is 13.4. The molecule has 110 valence electrons. The first-order valence-corrected chi connectivity index (χ1v) is 8.36. The lowest BCUT2D eigenvalue weighted by atomic mass is 10.3. The zero-order valence-electron chi connectivity index (χ0n) is 11.0. The van der Waals surface area contributed by atoms with Gasteiger partial charge in [-0.05, 0) is 34.1 Å². The van der Waals surface area contributed by atoms with Crippen LogP contribution in [0, 0.1) is 0 Å². The van der Waals surface area contributed by atoms with Gasteiger partial charge in [-0.2, -0.15) is 4.31 Å². The van der Waals surface area contributed by atoms with E-state index in [1.165, 1.54) is 23.4 Å². The minimum Gasteiger partial charge on any atom is -0.398 e. The van der Waals surface area contributed by atoms with E-state index >= 15 is 0 Å². The second kappa shape index (κ2) is 5.71. The average molecular weight is 362 g/mol. The fourth-order valence-corrected chi connectivity index (χ4v) is 4.04. The van der Waals surface area contributed by atoms with Gasteiger partial charge in [0.15, 0.2) is 0 Å². The maximum Gasteiger partial charge on any atom is 0.243 e. The molecule has 1 heterocycles. The highest BCUT2D eigenvalue weighted by molar-refractivity contribution is 9.10. The molecule has 1 amide bonds. The van der Waals surface area contributed by atoms with Crippen molar-refractivity contribution >= 4 is 37.5 Å². The van der Waals surface area contributed by atoms with Crippen LogP contribution in [0.25, 0.3) is 0 Å². The number of benzene rings is 1. The Morgan fingerprint density at radius 2 is 1.85 bits per heavy atom. The van der Waals surface area contributed by atoms with Gasteiger partial charge in [-0.25, -0.2) is 8.42 Å². The van der Waals surface area contributed by atoms with E-state index < -0.39 is 10.0 Å². The number of hydrogen-bond acceptors (Lipinski definition) is 4. The molecule has 0 bridgehead atoms. The second-order valence-corrected chi connectivity index (χ2v) is 7.39. The SMILES string of the molecule is CC(=O)N1CCN(S(=O)(=O)c2ccc(N)c(Br)c2)CC1. The lowest BCUT2D eigenvalue weighted by molar-refractivity contribution is -0.129. The minimum absolute atomic E-state index is 0.0303. The zero-order chi connectivity index (χ0) is 14.9. The second-order valence-electron chi connectivity index (χ2n) is 4.59. The molecule has 0 atom stereocenters. The molecule has 0 saturated carbocycles. The van der Waals surface area contributed by atoms with Crippen molar-refractivity contribution in [3.8, 4) is 0 Å². The van der Waals surface area contributed by atoms with Crippen molar-refractivity contribution in [1.82, 2.24) is 9.21 Å². The molecular weight excluding hydrogens is 346 g/mol. The van der Waals surface area contributed by atoms with Crippen LogP contribution in [-0.4, -0.2) is 49.7 Å². The molecule has 0 aliphatic carbocycles. The first kappa shape index (κ1) is 15.3. The maximum atomic E-state index is 12.5. The van der Waals surface area contributed by atoms with Crippen LogP contribution < -0.4 is 5.73 Å².